The van der Waals surface area contributed by atoms with Crippen molar-refractivity contribution in [2.24, 2.45) is 0 Å². The molecule has 8 nitrogen and oxygen atoms in total. The SMILES string of the molecule is Cc1nc(C)c(C(=O)NCCOc2ccc3nnc(-c4ccc(F)cc4)n3n2)s1. The van der Waals surface area contributed by atoms with E-state index in [9.17, 15) is 9.18 Å². The number of halogens is 1. The number of amides is 1. The van der Waals surface area contributed by atoms with Crippen LogP contribution in [0.4, 0.5) is 4.39 Å². The number of hydrogen-bond donors (Lipinski definition) is 1. The molecule has 0 fully saturated rings. The second-order valence-electron chi connectivity index (χ2n) is 6.22. The van der Waals surface area contributed by atoms with Gasteiger partial charge in [-0.3, -0.25) is 4.79 Å². The van der Waals surface area contributed by atoms with E-state index < -0.39 is 0 Å². The minimum absolute atomic E-state index is 0.169. The van der Waals surface area contributed by atoms with Gasteiger partial charge in [-0.15, -0.1) is 26.6 Å². The molecule has 0 bridgehead atoms. The third-order valence-electron chi connectivity index (χ3n) is 4.09. The minimum Gasteiger partial charge on any atom is -0.475 e. The van der Waals surface area contributed by atoms with Gasteiger partial charge in [-0.05, 0) is 44.2 Å². The van der Waals surface area contributed by atoms with Gasteiger partial charge in [0.25, 0.3) is 5.91 Å². The number of aromatic nitrogens is 5. The van der Waals surface area contributed by atoms with Gasteiger partial charge in [0, 0.05) is 11.6 Å². The smallest absolute Gasteiger partial charge is 0.263 e. The predicted octanol–water partition coefficient (Wildman–Crippen LogP) is 2.81. The number of fused-ring (bicyclic) bond motifs is 1. The standard InChI is InChI=1S/C19H17FN6O2S/c1-11-17(29-12(2)22-11)19(27)21-9-10-28-16-8-7-15-23-24-18(26(15)25-16)13-3-5-14(20)6-4-13/h3-8H,9-10H2,1-2H3,(H,21,27). The summed E-state index contributed by atoms with van der Waals surface area (Å²) in [5.74, 6) is 0.345. The molecule has 10 heteroatoms. The van der Waals surface area contributed by atoms with Crippen LogP contribution < -0.4 is 10.1 Å². The van der Waals surface area contributed by atoms with Crippen molar-refractivity contribution in [2.45, 2.75) is 13.8 Å². The van der Waals surface area contributed by atoms with E-state index in [4.69, 9.17) is 4.74 Å². The predicted molar refractivity (Wildman–Crippen MR) is 106 cm³/mol. The van der Waals surface area contributed by atoms with E-state index in [1.807, 2.05) is 13.8 Å². The Balaban J connectivity index is 1.41. The van der Waals surface area contributed by atoms with Crippen molar-refractivity contribution in [3.05, 3.63) is 57.8 Å². The van der Waals surface area contributed by atoms with Crippen LogP contribution in [0.2, 0.25) is 0 Å². The van der Waals surface area contributed by atoms with Gasteiger partial charge in [0.15, 0.2) is 11.5 Å². The first-order valence-corrected chi connectivity index (χ1v) is 9.66. The molecular weight excluding hydrogens is 395 g/mol. The van der Waals surface area contributed by atoms with Crippen molar-refractivity contribution in [1.82, 2.24) is 30.1 Å². The summed E-state index contributed by atoms with van der Waals surface area (Å²) in [5.41, 5.74) is 1.95. The average Bonchev–Trinajstić information content (AvgIpc) is 3.28. The molecule has 0 atom stereocenters. The first-order valence-electron chi connectivity index (χ1n) is 8.85. The highest BCUT2D eigenvalue weighted by molar-refractivity contribution is 7.13. The first kappa shape index (κ1) is 18.9. The highest BCUT2D eigenvalue weighted by Gasteiger charge is 2.14. The molecule has 1 aromatic carbocycles. The number of nitrogens with one attached hydrogen (secondary N) is 1. The zero-order chi connectivity index (χ0) is 20.4. The van der Waals surface area contributed by atoms with Crippen LogP contribution >= 0.6 is 11.3 Å². The summed E-state index contributed by atoms with van der Waals surface area (Å²) in [5, 5.41) is 16.2. The molecule has 3 aromatic heterocycles. The summed E-state index contributed by atoms with van der Waals surface area (Å²) < 4.78 is 20.3. The highest BCUT2D eigenvalue weighted by atomic mass is 32.1. The Hall–Kier alpha value is -3.40. The van der Waals surface area contributed by atoms with Gasteiger partial charge in [-0.2, -0.15) is 4.52 Å². The monoisotopic (exact) mass is 412 g/mol. The summed E-state index contributed by atoms with van der Waals surface area (Å²) in [6.45, 7) is 4.24. The third-order valence-corrected chi connectivity index (χ3v) is 5.16. The van der Waals surface area contributed by atoms with Crippen molar-refractivity contribution in [3.63, 3.8) is 0 Å². The molecule has 29 heavy (non-hydrogen) atoms. The van der Waals surface area contributed by atoms with Crippen molar-refractivity contribution >= 4 is 22.9 Å². The molecule has 0 spiro atoms. The normalized spacial score (nSPS) is 11.0. The van der Waals surface area contributed by atoms with E-state index >= 15 is 0 Å². The number of hydrogen-bond acceptors (Lipinski definition) is 7. The molecule has 4 aromatic rings. The summed E-state index contributed by atoms with van der Waals surface area (Å²) in [4.78, 5) is 17.1. The second-order valence-corrected chi connectivity index (χ2v) is 7.43. The van der Waals surface area contributed by atoms with Crippen LogP contribution in [0.5, 0.6) is 5.88 Å². The van der Waals surface area contributed by atoms with Crippen LogP contribution in [-0.4, -0.2) is 43.9 Å². The van der Waals surface area contributed by atoms with E-state index in [0.29, 0.717) is 34.3 Å². The number of benzene rings is 1. The van der Waals surface area contributed by atoms with Gasteiger partial charge in [-0.1, -0.05) is 0 Å². The lowest BCUT2D eigenvalue weighted by molar-refractivity contribution is 0.0949. The summed E-state index contributed by atoms with van der Waals surface area (Å²) in [7, 11) is 0. The fourth-order valence-electron chi connectivity index (χ4n) is 2.77. The topological polar surface area (TPSA) is 94.3 Å². The largest absolute Gasteiger partial charge is 0.475 e. The lowest BCUT2D eigenvalue weighted by Gasteiger charge is -2.07. The maximum Gasteiger partial charge on any atom is 0.263 e. The van der Waals surface area contributed by atoms with E-state index in [1.165, 1.54) is 28.0 Å². The Morgan fingerprint density at radius 1 is 1.17 bits per heavy atom. The van der Waals surface area contributed by atoms with Gasteiger partial charge in [0.1, 0.15) is 17.3 Å². The fraction of sp³-hybridized carbons (Fsp3) is 0.211. The number of aryl methyl sites for hydroxylation is 2. The lowest BCUT2D eigenvalue weighted by Crippen LogP contribution is -2.28. The van der Waals surface area contributed by atoms with Crippen molar-refractivity contribution in [1.29, 1.82) is 0 Å². The fourth-order valence-corrected chi connectivity index (χ4v) is 3.61. The van der Waals surface area contributed by atoms with Gasteiger partial charge >= 0.3 is 0 Å². The molecule has 0 aliphatic carbocycles. The minimum atomic E-state index is -0.328. The number of carbonyl (C=O) groups is 1. The molecule has 148 valence electrons. The second kappa shape index (κ2) is 7.92. The van der Waals surface area contributed by atoms with E-state index in [-0.39, 0.29) is 18.3 Å². The van der Waals surface area contributed by atoms with Gasteiger partial charge in [0.2, 0.25) is 5.88 Å². The van der Waals surface area contributed by atoms with Crippen LogP contribution in [0.25, 0.3) is 17.0 Å². The van der Waals surface area contributed by atoms with Gasteiger partial charge in [0.05, 0.1) is 17.2 Å². The van der Waals surface area contributed by atoms with Crippen LogP contribution in [0, 0.1) is 19.7 Å². The van der Waals surface area contributed by atoms with Crippen LogP contribution in [0.3, 0.4) is 0 Å². The Bertz CT molecular complexity index is 1170. The number of carbonyl (C=O) groups excluding carboxylic acids is 1. The van der Waals surface area contributed by atoms with Crippen molar-refractivity contribution in [2.75, 3.05) is 13.2 Å². The first-order chi connectivity index (χ1) is 14.0. The summed E-state index contributed by atoms with van der Waals surface area (Å²) in [6, 6.07) is 9.33. The summed E-state index contributed by atoms with van der Waals surface area (Å²) >= 11 is 1.36. The van der Waals surface area contributed by atoms with Crippen molar-refractivity contribution < 1.29 is 13.9 Å². The Morgan fingerprint density at radius 2 is 1.97 bits per heavy atom. The Labute approximate surface area is 169 Å². The quantitative estimate of drug-likeness (QED) is 0.490. The van der Waals surface area contributed by atoms with Gasteiger partial charge < -0.3 is 10.1 Å². The molecule has 0 unspecified atom stereocenters. The van der Waals surface area contributed by atoms with Crippen LogP contribution in [0.15, 0.2) is 36.4 Å². The third kappa shape index (κ3) is 4.06. The van der Waals surface area contributed by atoms with E-state index in [2.05, 4.69) is 25.6 Å². The molecule has 1 N–H and O–H groups in total. The highest BCUT2D eigenvalue weighted by Crippen LogP contribution is 2.19. The molecule has 1 amide bonds. The number of rotatable bonds is 6. The molecule has 0 aliphatic heterocycles. The van der Waals surface area contributed by atoms with Crippen LogP contribution in [0.1, 0.15) is 20.4 Å². The van der Waals surface area contributed by atoms with Gasteiger partial charge in [-0.25, -0.2) is 9.37 Å². The van der Waals surface area contributed by atoms with E-state index in [0.717, 1.165) is 10.7 Å². The van der Waals surface area contributed by atoms with Crippen LogP contribution in [-0.2, 0) is 0 Å². The van der Waals surface area contributed by atoms with Crippen molar-refractivity contribution in [3.8, 4) is 17.3 Å². The molecule has 0 radical (unpaired) electrons. The molecule has 0 aliphatic rings. The lowest BCUT2D eigenvalue weighted by atomic mass is 10.2. The Kier molecular flexibility index (Phi) is 5.17. The molecule has 0 saturated carbocycles. The average molecular weight is 412 g/mol. The summed E-state index contributed by atoms with van der Waals surface area (Å²) in [6.07, 6.45) is 0. The molecule has 0 saturated heterocycles. The Morgan fingerprint density at radius 3 is 2.69 bits per heavy atom. The molecule has 4 rings (SSSR count). The number of ether oxygens (including phenoxy) is 1. The van der Waals surface area contributed by atoms with E-state index in [1.54, 1.807) is 24.3 Å². The number of thiazole rings is 1. The zero-order valence-electron chi connectivity index (χ0n) is 15.7. The zero-order valence-corrected chi connectivity index (χ0v) is 16.5. The molecule has 3 heterocycles. The molecular formula is C19H17FN6O2S. The maximum atomic E-state index is 13.2. The maximum absolute atomic E-state index is 13.2. The number of nitrogens with zero attached hydrogens (tertiary/aromatic N) is 5.